The number of terminal acetylenes is 1. The molecule has 0 spiro atoms. The maximum Gasteiger partial charge on any atom is 0.0870 e. The molecule has 2 nitrogen and oxygen atoms in total. The van der Waals surface area contributed by atoms with Crippen LogP contribution in [-0.2, 0) is 0 Å². The zero-order valence-electron chi connectivity index (χ0n) is 11.1. The molecule has 1 aliphatic heterocycles. The molecule has 1 aliphatic rings. The van der Waals surface area contributed by atoms with Crippen molar-refractivity contribution >= 4 is 0 Å². The minimum absolute atomic E-state index is 0.125. The highest BCUT2D eigenvalue weighted by Crippen LogP contribution is 2.27. The molecule has 2 heteroatoms. The van der Waals surface area contributed by atoms with Gasteiger partial charge in [-0.15, -0.1) is 6.42 Å². The predicted molar refractivity (Wildman–Crippen MR) is 70.4 cm³/mol. The highest BCUT2D eigenvalue weighted by atomic mass is 15.2. The molecule has 1 N–H and O–H groups in total. The van der Waals surface area contributed by atoms with Crippen LogP contribution in [0.5, 0.6) is 0 Å². The maximum absolute atomic E-state index is 5.70. The van der Waals surface area contributed by atoms with Gasteiger partial charge in [-0.1, -0.05) is 19.8 Å². The van der Waals surface area contributed by atoms with Crippen molar-refractivity contribution in [2.24, 2.45) is 0 Å². The van der Waals surface area contributed by atoms with Crippen LogP contribution in [0, 0.1) is 12.3 Å². The molecule has 2 unspecified atom stereocenters. The number of nitrogens with one attached hydrogen (secondary N) is 1. The predicted octanol–water partition coefficient (Wildman–Crippen LogP) is 2.25. The second-order valence-corrected chi connectivity index (χ2v) is 4.96. The van der Waals surface area contributed by atoms with Gasteiger partial charge in [0.05, 0.1) is 6.04 Å². The Hall–Kier alpha value is -0.520. The zero-order chi connectivity index (χ0) is 12.0. The molecule has 0 saturated carbocycles. The maximum atomic E-state index is 5.70. The van der Waals surface area contributed by atoms with Crippen molar-refractivity contribution in [3.63, 3.8) is 0 Å². The van der Waals surface area contributed by atoms with Crippen molar-refractivity contribution in [3.8, 4) is 12.3 Å². The Morgan fingerprint density at radius 1 is 1.38 bits per heavy atom. The third kappa shape index (κ3) is 2.78. The SMILES string of the molecule is C#CC(NCCC)C(C)(CC)N1CCCC1. The Morgan fingerprint density at radius 2 is 2.00 bits per heavy atom. The van der Waals surface area contributed by atoms with E-state index < -0.39 is 0 Å². The lowest BCUT2D eigenvalue weighted by atomic mass is 9.87. The molecule has 1 heterocycles. The minimum Gasteiger partial charge on any atom is -0.302 e. The summed E-state index contributed by atoms with van der Waals surface area (Å²) < 4.78 is 0. The Balaban J connectivity index is 2.71. The van der Waals surface area contributed by atoms with Gasteiger partial charge in [0.15, 0.2) is 0 Å². The van der Waals surface area contributed by atoms with E-state index >= 15 is 0 Å². The topological polar surface area (TPSA) is 15.3 Å². The molecule has 92 valence electrons. The molecule has 1 fully saturated rings. The lowest BCUT2D eigenvalue weighted by Crippen LogP contribution is -2.58. The Labute approximate surface area is 101 Å². The van der Waals surface area contributed by atoms with E-state index in [4.69, 9.17) is 6.42 Å². The highest BCUT2D eigenvalue weighted by molar-refractivity contribution is 5.12. The van der Waals surface area contributed by atoms with Crippen LogP contribution in [0.4, 0.5) is 0 Å². The summed E-state index contributed by atoms with van der Waals surface area (Å²) in [5.74, 6) is 2.95. The summed E-state index contributed by atoms with van der Waals surface area (Å²) in [5.41, 5.74) is 0.125. The zero-order valence-corrected chi connectivity index (χ0v) is 11.1. The first kappa shape index (κ1) is 13.5. The summed E-state index contributed by atoms with van der Waals surface area (Å²) in [6.07, 6.45) is 10.6. The van der Waals surface area contributed by atoms with Crippen LogP contribution < -0.4 is 5.32 Å². The van der Waals surface area contributed by atoms with Crippen molar-refractivity contribution in [2.45, 2.75) is 58.0 Å². The molecule has 1 rings (SSSR count). The second-order valence-electron chi connectivity index (χ2n) is 4.96. The largest absolute Gasteiger partial charge is 0.302 e. The van der Waals surface area contributed by atoms with Crippen molar-refractivity contribution in [3.05, 3.63) is 0 Å². The molecular weight excluding hydrogens is 196 g/mol. The molecule has 0 aromatic rings. The van der Waals surface area contributed by atoms with Crippen LogP contribution in [-0.4, -0.2) is 36.1 Å². The summed E-state index contributed by atoms with van der Waals surface area (Å²) in [6, 6.07) is 0.176. The van der Waals surface area contributed by atoms with Crippen LogP contribution >= 0.6 is 0 Å². The lowest BCUT2D eigenvalue weighted by molar-refractivity contribution is 0.105. The monoisotopic (exact) mass is 222 g/mol. The molecule has 0 aromatic carbocycles. The van der Waals surface area contributed by atoms with E-state index in [-0.39, 0.29) is 11.6 Å². The first-order valence-corrected chi connectivity index (χ1v) is 6.63. The number of likely N-dealkylation sites (tertiary alicyclic amines) is 1. The van der Waals surface area contributed by atoms with Crippen LogP contribution in [0.1, 0.15) is 46.5 Å². The number of rotatable bonds is 6. The standard InChI is InChI=1S/C14H26N2/c1-5-10-15-13(6-2)14(4,7-3)16-11-8-9-12-16/h2,13,15H,5,7-12H2,1,3-4H3. The van der Waals surface area contributed by atoms with Crippen molar-refractivity contribution in [2.75, 3.05) is 19.6 Å². The Morgan fingerprint density at radius 3 is 2.44 bits per heavy atom. The molecule has 1 saturated heterocycles. The average molecular weight is 222 g/mol. The van der Waals surface area contributed by atoms with Crippen molar-refractivity contribution in [1.29, 1.82) is 0 Å². The van der Waals surface area contributed by atoms with Gasteiger partial charge in [0.2, 0.25) is 0 Å². The van der Waals surface area contributed by atoms with Gasteiger partial charge in [-0.2, -0.15) is 0 Å². The van der Waals surface area contributed by atoms with Gasteiger partial charge in [-0.3, -0.25) is 4.90 Å². The first-order valence-electron chi connectivity index (χ1n) is 6.63. The van der Waals surface area contributed by atoms with Crippen LogP contribution in [0.25, 0.3) is 0 Å². The lowest BCUT2D eigenvalue weighted by Gasteiger charge is -2.42. The quantitative estimate of drug-likeness (QED) is 0.694. The van der Waals surface area contributed by atoms with Gasteiger partial charge in [0.25, 0.3) is 0 Å². The normalized spacial score (nSPS) is 22.6. The van der Waals surface area contributed by atoms with E-state index in [1.54, 1.807) is 0 Å². The van der Waals surface area contributed by atoms with Crippen LogP contribution in [0.2, 0.25) is 0 Å². The summed E-state index contributed by atoms with van der Waals surface area (Å²) in [5, 5.41) is 3.51. The average Bonchev–Trinajstić information content (AvgIpc) is 2.83. The van der Waals surface area contributed by atoms with Gasteiger partial charge in [0, 0.05) is 5.54 Å². The van der Waals surface area contributed by atoms with E-state index in [1.807, 2.05) is 0 Å². The minimum atomic E-state index is 0.125. The van der Waals surface area contributed by atoms with E-state index in [1.165, 1.54) is 25.9 Å². The summed E-state index contributed by atoms with van der Waals surface area (Å²) in [7, 11) is 0. The summed E-state index contributed by atoms with van der Waals surface area (Å²) in [6.45, 7) is 10.2. The number of nitrogens with zero attached hydrogens (tertiary/aromatic N) is 1. The van der Waals surface area contributed by atoms with Gasteiger partial charge < -0.3 is 5.32 Å². The molecule has 16 heavy (non-hydrogen) atoms. The smallest absolute Gasteiger partial charge is 0.0870 e. The van der Waals surface area contributed by atoms with Gasteiger partial charge >= 0.3 is 0 Å². The number of hydrogen-bond acceptors (Lipinski definition) is 2. The molecule has 0 amide bonds. The third-order valence-corrected chi connectivity index (χ3v) is 3.93. The molecule has 0 aromatic heterocycles. The van der Waals surface area contributed by atoms with Gasteiger partial charge in [0.1, 0.15) is 0 Å². The fourth-order valence-corrected chi connectivity index (χ4v) is 2.59. The van der Waals surface area contributed by atoms with Crippen molar-refractivity contribution in [1.82, 2.24) is 10.2 Å². The second kappa shape index (κ2) is 6.27. The summed E-state index contributed by atoms with van der Waals surface area (Å²) >= 11 is 0. The molecule has 0 radical (unpaired) electrons. The molecule has 0 bridgehead atoms. The highest BCUT2D eigenvalue weighted by Gasteiger charge is 2.38. The van der Waals surface area contributed by atoms with Gasteiger partial charge in [-0.25, -0.2) is 0 Å². The van der Waals surface area contributed by atoms with Crippen LogP contribution in [0.3, 0.4) is 0 Å². The van der Waals surface area contributed by atoms with E-state index in [0.717, 1.165) is 19.4 Å². The number of hydrogen-bond donors (Lipinski definition) is 1. The van der Waals surface area contributed by atoms with Crippen LogP contribution in [0.15, 0.2) is 0 Å². The van der Waals surface area contributed by atoms with E-state index in [9.17, 15) is 0 Å². The third-order valence-electron chi connectivity index (χ3n) is 3.93. The van der Waals surface area contributed by atoms with Gasteiger partial charge in [-0.05, 0) is 52.2 Å². The van der Waals surface area contributed by atoms with E-state index in [0.29, 0.717) is 0 Å². The molecule has 2 atom stereocenters. The summed E-state index contributed by atoms with van der Waals surface area (Å²) in [4.78, 5) is 2.57. The first-order chi connectivity index (χ1) is 7.69. The van der Waals surface area contributed by atoms with E-state index in [2.05, 4.69) is 36.9 Å². The molecule has 0 aliphatic carbocycles. The molecular formula is C14H26N2. The van der Waals surface area contributed by atoms with Crippen molar-refractivity contribution < 1.29 is 0 Å². The Bertz CT molecular complexity index is 238. The fraction of sp³-hybridized carbons (Fsp3) is 0.857. The Kier molecular flexibility index (Phi) is 5.31. The fourth-order valence-electron chi connectivity index (χ4n) is 2.59.